The summed E-state index contributed by atoms with van der Waals surface area (Å²) in [5, 5.41) is 7.14. The number of amides is 1. The van der Waals surface area contributed by atoms with Crippen molar-refractivity contribution in [3.05, 3.63) is 70.1 Å². The topological polar surface area (TPSA) is 29.1 Å². The van der Waals surface area contributed by atoms with Crippen molar-refractivity contribution in [3.63, 3.8) is 0 Å². The average Bonchev–Trinajstić information content (AvgIpc) is 2.93. The molecule has 1 heterocycles. The van der Waals surface area contributed by atoms with Gasteiger partial charge in [-0.1, -0.05) is 41.9 Å². The van der Waals surface area contributed by atoms with Crippen LogP contribution in [-0.4, -0.2) is 12.5 Å². The molecule has 1 N–H and O–H groups in total. The van der Waals surface area contributed by atoms with Gasteiger partial charge in [-0.3, -0.25) is 4.79 Å². The van der Waals surface area contributed by atoms with Crippen LogP contribution in [0.2, 0.25) is 5.02 Å². The van der Waals surface area contributed by atoms with E-state index >= 15 is 0 Å². The summed E-state index contributed by atoms with van der Waals surface area (Å²) in [5.74, 6) is 0.0434. The van der Waals surface area contributed by atoms with Gasteiger partial charge in [0.25, 0.3) is 0 Å². The quantitative estimate of drug-likeness (QED) is 0.736. The Morgan fingerprint density at radius 3 is 2.68 bits per heavy atom. The van der Waals surface area contributed by atoms with Crippen LogP contribution in [0.25, 0.3) is 10.1 Å². The van der Waals surface area contributed by atoms with Crippen molar-refractivity contribution in [2.45, 2.75) is 12.8 Å². The second kappa shape index (κ2) is 6.95. The molecule has 2 aromatic carbocycles. The first-order valence-corrected chi connectivity index (χ1v) is 8.44. The van der Waals surface area contributed by atoms with Crippen molar-refractivity contribution in [1.82, 2.24) is 5.32 Å². The molecule has 3 rings (SSSR count). The summed E-state index contributed by atoms with van der Waals surface area (Å²) < 4.78 is 1.30. The Hall–Kier alpha value is -1.84. The van der Waals surface area contributed by atoms with E-state index in [1.54, 1.807) is 11.3 Å². The number of hydrogen-bond acceptors (Lipinski definition) is 2. The fourth-order valence-corrected chi connectivity index (χ4v) is 3.54. The second-order valence-corrected chi connectivity index (χ2v) is 6.51. The molecule has 3 aromatic rings. The van der Waals surface area contributed by atoms with E-state index in [9.17, 15) is 4.79 Å². The first kappa shape index (κ1) is 15.1. The standard InChI is InChI=1S/C18H16ClNOS/c19-15-7-5-13(6-8-15)11-18(21)20-10-9-14-12-22-17-4-2-1-3-16(14)17/h1-8,12H,9-11H2,(H,20,21). The zero-order valence-electron chi connectivity index (χ0n) is 12.0. The molecule has 0 atom stereocenters. The van der Waals surface area contributed by atoms with Crippen LogP contribution in [0.4, 0.5) is 0 Å². The molecule has 0 spiro atoms. The molecule has 1 aromatic heterocycles. The van der Waals surface area contributed by atoms with Gasteiger partial charge in [0.1, 0.15) is 0 Å². The van der Waals surface area contributed by atoms with Gasteiger partial charge in [-0.05, 0) is 46.5 Å². The van der Waals surface area contributed by atoms with Crippen LogP contribution < -0.4 is 5.32 Å². The van der Waals surface area contributed by atoms with E-state index in [0.29, 0.717) is 18.0 Å². The summed E-state index contributed by atoms with van der Waals surface area (Å²) in [4.78, 5) is 11.9. The Labute approximate surface area is 138 Å². The Morgan fingerprint density at radius 2 is 1.86 bits per heavy atom. The third-order valence-corrected chi connectivity index (χ3v) is 4.82. The minimum absolute atomic E-state index is 0.0434. The number of thiophene rings is 1. The third-order valence-electron chi connectivity index (χ3n) is 3.56. The largest absolute Gasteiger partial charge is 0.355 e. The maximum atomic E-state index is 11.9. The van der Waals surface area contributed by atoms with Gasteiger partial charge >= 0.3 is 0 Å². The van der Waals surface area contributed by atoms with Gasteiger partial charge in [0.2, 0.25) is 5.91 Å². The molecule has 4 heteroatoms. The summed E-state index contributed by atoms with van der Waals surface area (Å²) in [6, 6.07) is 15.7. The van der Waals surface area contributed by atoms with E-state index in [0.717, 1.165) is 12.0 Å². The first-order chi connectivity index (χ1) is 10.7. The van der Waals surface area contributed by atoms with Crippen LogP contribution in [-0.2, 0) is 17.6 Å². The Morgan fingerprint density at radius 1 is 1.09 bits per heavy atom. The number of fused-ring (bicyclic) bond motifs is 1. The molecule has 22 heavy (non-hydrogen) atoms. The number of nitrogens with one attached hydrogen (secondary N) is 1. The fourth-order valence-electron chi connectivity index (χ4n) is 2.41. The van der Waals surface area contributed by atoms with Crippen LogP contribution in [0.5, 0.6) is 0 Å². The number of carbonyl (C=O) groups is 1. The zero-order chi connectivity index (χ0) is 15.4. The van der Waals surface area contributed by atoms with Crippen LogP contribution in [0.15, 0.2) is 53.9 Å². The number of hydrogen-bond donors (Lipinski definition) is 1. The Kier molecular flexibility index (Phi) is 4.76. The van der Waals surface area contributed by atoms with Gasteiger partial charge in [0.15, 0.2) is 0 Å². The lowest BCUT2D eigenvalue weighted by atomic mass is 10.1. The van der Waals surface area contributed by atoms with Gasteiger partial charge in [0.05, 0.1) is 6.42 Å². The molecular formula is C18H16ClNOS. The van der Waals surface area contributed by atoms with E-state index in [1.165, 1.54) is 15.6 Å². The lowest BCUT2D eigenvalue weighted by Gasteiger charge is -2.05. The molecule has 0 aliphatic heterocycles. The average molecular weight is 330 g/mol. The van der Waals surface area contributed by atoms with Crippen LogP contribution in [0.3, 0.4) is 0 Å². The molecule has 0 radical (unpaired) electrons. The van der Waals surface area contributed by atoms with E-state index in [1.807, 2.05) is 24.3 Å². The summed E-state index contributed by atoms with van der Waals surface area (Å²) in [6.07, 6.45) is 1.25. The van der Waals surface area contributed by atoms with Gasteiger partial charge in [0, 0.05) is 16.3 Å². The molecule has 0 saturated heterocycles. The zero-order valence-corrected chi connectivity index (χ0v) is 13.6. The first-order valence-electron chi connectivity index (χ1n) is 7.18. The molecule has 0 bridgehead atoms. The van der Waals surface area contributed by atoms with E-state index in [2.05, 4.69) is 35.0 Å². The SMILES string of the molecule is O=C(Cc1ccc(Cl)cc1)NCCc1csc2ccccc12. The van der Waals surface area contributed by atoms with Gasteiger partial charge in [-0.2, -0.15) is 0 Å². The highest BCUT2D eigenvalue weighted by Crippen LogP contribution is 2.25. The normalized spacial score (nSPS) is 10.8. The molecule has 1 amide bonds. The number of halogens is 1. The van der Waals surface area contributed by atoms with Crippen molar-refractivity contribution < 1.29 is 4.79 Å². The monoisotopic (exact) mass is 329 g/mol. The smallest absolute Gasteiger partial charge is 0.224 e. The summed E-state index contributed by atoms with van der Waals surface area (Å²) in [7, 11) is 0. The fraction of sp³-hybridized carbons (Fsp3) is 0.167. The van der Waals surface area contributed by atoms with Gasteiger partial charge in [-0.15, -0.1) is 11.3 Å². The number of rotatable bonds is 5. The van der Waals surface area contributed by atoms with E-state index in [-0.39, 0.29) is 5.91 Å². The molecule has 0 aliphatic carbocycles. The number of benzene rings is 2. The van der Waals surface area contributed by atoms with Crippen molar-refractivity contribution >= 4 is 38.9 Å². The van der Waals surface area contributed by atoms with E-state index < -0.39 is 0 Å². The summed E-state index contributed by atoms with van der Waals surface area (Å²) in [6.45, 7) is 0.660. The molecule has 0 aliphatic rings. The van der Waals surface area contributed by atoms with Crippen molar-refractivity contribution in [3.8, 4) is 0 Å². The van der Waals surface area contributed by atoms with Crippen LogP contribution >= 0.6 is 22.9 Å². The third kappa shape index (κ3) is 3.67. The minimum Gasteiger partial charge on any atom is -0.355 e. The van der Waals surface area contributed by atoms with Crippen molar-refractivity contribution in [1.29, 1.82) is 0 Å². The van der Waals surface area contributed by atoms with E-state index in [4.69, 9.17) is 11.6 Å². The van der Waals surface area contributed by atoms with Gasteiger partial charge in [-0.25, -0.2) is 0 Å². The highest BCUT2D eigenvalue weighted by atomic mass is 35.5. The second-order valence-electron chi connectivity index (χ2n) is 5.16. The maximum Gasteiger partial charge on any atom is 0.224 e. The molecule has 0 fully saturated rings. The van der Waals surface area contributed by atoms with Crippen molar-refractivity contribution in [2.24, 2.45) is 0 Å². The molecular weight excluding hydrogens is 314 g/mol. The highest BCUT2D eigenvalue weighted by molar-refractivity contribution is 7.17. The predicted octanol–water partition coefficient (Wildman–Crippen LogP) is 4.46. The Balaban J connectivity index is 1.52. The lowest BCUT2D eigenvalue weighted by Crippen LogP contribution is -2.27. The lowest BCUT2D eigenvalue weighted by molar-refractivity contribution is -0.120. The van der Waals surface area contributed by atoms with Crippen LogP contribution in [0.1, 0.15) is 11.1 Å². The van der Waals surface area contributed by atoms with Crippen LogP contribution in [0, 0.1) is 0 Å². The summed E-state index contributed by atoms with van der Waals surface area (Å²) >= 11 is 7.59. The molecule has 0 unspecified atom stereocenters. The maximum absolute atomic E-state index is 11.9. The molecule has 2 nitrogen and oxygen atoms in total. The van der Waals surface area contributed by atoms with Crippen molar-refractivity contribution in [2.75, 3.05) is 6.54 Å². The molecule has 0 saturated carbocycles. The minimum atomic E-state index is 0.0434. The highest BCUT2D eigenvalue weighted by Gasteiger charge is 2.06. The van der Waals surface area contributed by atoms with Gasteiger partial charge < -0.3 is 5.32 Å². The molecule has 112 valence electrons. The Bertz CT molecular complexity index is 779. The predicted molar refractivity (Wildman–Crippen MR) is 93.7 cm³/mol. The number of carbonyl (C=O) groups excluding carboxylic acids is 1. The summed E-state index contributed by atoms with van der Waals surface area (Å²) in [5.41, 5.74) is 2.27.